The Morgan fingerprint density at radius 2 is 1.81 bits per heavy atom. The van der Waals surface area contributed by atoms with Gasteiger partial charge in [0.2, 0.25) is 0 Å². The van der Waals surface area contributed by atoms with Crippen LogP contribution in [0, 0.1) is 5.92 Å². The molecule has 0 spiro atoms. The Bertz CT molecular complexity index is 302. The largest absolute Gasteiger partial charge is 0.481 e. The lowest BCUT2D eigenvalue weighted by Gasteiger charge is -2.12. The number of hydrogen-bond donors (Lipinski definition) is 3. The van der Waals surface area contributed by atoms with Crippen molar-refractivity contribution in [3.05, 3.63) is 12.3 Å². The fourth-order valence-corrected chi connectivity index (χ4v) is 1.63. The first-order valence-corrected chi connectivity index (χ1v) is 4.97. The van der Waals surface area contributed by atoms with Crippen molar-refractivity contribution in [2.45, 2.75) is 31.5 Å². The van der Waals surface area contributed by atoms with E-state index in [0.717, 1.165) is 19.3 Å². The molecule has 1 heterocycles. The SMILES string of the molecule is C=C(N)C(=O)O.O=C(O)C1CCC2OC2C1. The maximum absolute atomic E-state index is 10.5. The van der Waals surface area contributed by atoms with Crippen LogP contribution in [-0.2, 0) is 14.3 Å². The van der Waals surface area contributed by atoms with Gasteiger partial charge in [-0.3, -0.25) is 4.79 Å². The van der Waals surface area contributed by atoms with Crippen LogP contribution in [0.25, 0.3) is 0 Å². The number of fused-ring (bicyclic) bond motifs is 1. The second-order valence-electron chi connectivity index (χ2n) is 3.89. The van der Waals surface area contributed by atoms with Crippen molar-refractivity contribution in [3.8, 4) is 0 Å². The van der Waals surface area contributed by atoms with Gasteiger partial charge in [0.15, 0.2) is 0 Å². The average Bonchev–Trinajstić information content (AvgIpc) is 2.95. The molecule has 2 rings (SSSR count). The average molecular weight is 229 g/mol. The third kappa shape index (κ3) is 3.54. The van der Waals surface area contributed by atoms with E-state index in [9.17, 15) is 9.59 Å². The smallest absolute Gasteiger partial charge is 0.351 e. The topological polar surface area (TPSA) is 113 Å². The van der Waals surface area contributed by atoms with E-state index in [1.54, 1.807) is 0 Å². The maximum atomic E-state index is 10.5. The number of nitrogens with two attached hydrogens (primary N) is 1. The van der Waals surface area contributed by atoms with Crippen LogP contribution in [0.4, 0.5) is 0 Å². The highest BCUT2D eigenvalue weighted by molar-refractivity contribution is 5.84. The molecule has 0 amide bonds. The Kier molecular flexibility index (Phi) is 3.89. The lowest BCUT2D eigenvalue weighted by Crippen LogP contribution is -2.21. The summed E-state index contributed by atoms with van der Waals surface area (Å²) in [6.07, 6.45) is 3.18. The van der Waals surface area contributed by atoms with Gasteiger partial charge in [0.05, 0.1) is 18.1 Å². The van der Waals surface area contributed by atoms with Gasteiger partial charge in [0.25, 0.3) is 0 Å². The number of carboxylic acid groups (broad SMARTS) is 2. The molecular formula is C10H15NO5. The molecule has 1 saturated carbocycles. The monoisotopic (exact) mass is 229 g/mol. The van der Waals surface area contributed by atoms with Crippen LogP contribution in [0.3, 0.4) is 0 Å². The molecule has 1 aliphatic heterocycles. The molecule has 0 aromatic rings. The fourth-order valence-electron chi connectivity index (χ4n) is 1.63. The van der Waals surface area contributed by atoms with Gasteiger partial charge >= 0.3 is 11.9 Å². The zero-order valence-corrected chi connectivity index (χ0v) is 8.76. The van der Waals surface area contributed by atoms with Crippen molar-refractivity contribution in [1.82, 2.24) is 0 Å². The minimum atomic E-state index is -1.16. The van der Waals surface area contributed by atoms with Crippen molar-refractivity contribution in [2.75, 3.05) is 0 Å². The Labute approximate surface area is 92.7 Å². The first-order valence-electron chi connectivity index (χ1n) is 4.97. The molecule has 4 N–H and O–H groups in total. The molecule has 0 radical (unpaired) electrons. The fraction of sp³-hybridized carbons (Fsp3) is 0.600. The van der Waals surface area contributed by atoms with Crippen LogP contribution in [0.15, 0.2) is 12.3 Å². The summed E-state index contributed by atoms with van der Waals surface area (Å²) in [5, 5.41) is 16.4. The number of hydrogen-bond acceptors (Lipinski definition) is 4. The summed E-state index contributed by atoms with van der Waals surface area (Å²) in [6.45, 7) is 2.93. The molecule has 2 fully saturated rings. The van der Waals surface area contributed by atoms with Crippen LogP contribution < -0.4 is 5.73 Å². The molecule has 16 heavy (non-hydrogen) atoms. The lowest BCUT2D eigenvalue weighted by atomic mass is 9.90. The van der Waals surface area contributed by atoms with E-state index in [4.69, 9.17) is 14.9 Å². The van der Waals surface area contributed by atoms with E-state index >= 15 is 0 Å². The van der Waals surface area contributed by atoms with Crippen LogP contribution in [0.1, 0.15) is 19.3 Å². The summed E-state index contributed by atoms with van der Waals surface area (Å²) in [7, 11) is 0. The zero-order valence-electron chi connectivity index (χ0n) is 8.76. The maximum Gasteiger partial charge on any atom is 0.351 e. The summed E-state index contributed by atoms with van der Waals surface area (Å²) in [5.41, 5.74) is 4.32. The molecule has 2 aliphatic rings. The summed E-state index contributed by atoms with van der Waals surface area (Å²) in [6, 6.07) is 0. The number of epoxide rings is 1. The van der Waals surface area contributed by atoms with Crippen LogP contribution in [-0.4, -0.2) is 34.4 Å². The normalized spacial score (nSPS) is 30.4. The first-order chi connectivity index (χ1) is 7.41. The first kappa shape index (κ1) is 12.5. The predicted octanol–water partition coefficient (Wildman–Crippen LogP) is 0.182. The Morgan fingerprint density at radius 3 is 2.19 bits per heavy atom. The molecule has 0 aromatic carbocycles. The van der Waals surface area contributed by atoms with Crippen molar-refractivity contribution < 1.29 is 24.5 Å². The third-order valence-corrected chi connectivity index (χ3v) is 2.63. The van der Waals surface area contributed by atoms with Crippen LogP contribution in [0.2, 0.25) is 0 Å². The number of carbonyl (C=O) groups is 2. The minimum Gasteiger partial charge on any atom is -0.481 e. The van der Waals surface area contributed by atoms with Gasteiger partial charge < -0.3 is 20.7 Å². The van der Waals surface area contributed by atoms with Crippen molar-refractivity contribution >= 4 is 11.9 Å². The Morgan fingerprint density at radius 1 is 1.25 bits per heavy atom. The molecule has 90 valence electrons. The summed E-state index contributed by atoms with van der Waals surface area (Å²) in [4.78, 5) is 19.9. The highest BCUT2D eigenvalue weighted by Crippen LogP contribution is 2.39. The van der Waals surface area contributed by atoms with Gasteiger partial charge in [-0.25, -0.2) is 4.79 Å². The summed E-state index contributed by atoms with van der Waals surface area (Å²) >= 11 is 0. The van der Waals surface area contributed by atoms with Crippen molar-refractivity contribution in [2.24, 2.45) is 11.7 Å². The lowest BCUT2D eigenvalue weighted by molar-refractivity contribution is -0.142. The van der Waals surface area contributed by atoms with Crippen LogP contribution >= 0.6 is 0 Å². The molecule has 6 heteroatoms. The number of carboxylic acids is 2. The number of rotatable bonds is 2. The number of ether oxygens (including phenoxy) is 1. The molecule has 3 atom stereocenters. The molecule has 3 unspecified atom stereocenters. The molecule has 6 nitrogen and oxygen atoms in total. The second kappa shape index (κ2) is 4.98. The second-order valence-corrected chi connectivity index (χ2v) is 3.89. The van der Waals surface area contributed by atoms with Gasteiger partial charge in [-0.05, 0) is 19.3 Å². The summed E-state index contributed by atoms with van der Waals surface area (Å²) < 4.78 is 5.19. The standard InChI is InChI=1S/C7H10O3.C3H5NO2/c8-7(9)4-1-2-5-6(3-4)10-5;1-2(4)3(5)6/h4-6H,1-3H2,(H,8,9);1,4H2,(H,5,6). The van der Waals surface area contributed by atoms with E-state index in [2.05, 4.69) is 12.3 Å². The van der Waals surface area contributed by atoms with Crippen LogP contribution in [0.5, 0.6) is 0 Å². The summed E-state index contributed by atoms with van der Waals surface area (Å²) in [5.74, 6) is -1.95. The number of aliphatic carboxylic acids is 2. The Hall–Kier alpha value is -1.56. The Balaban J connectivity index is 0.000000187. The predicted molar refractivity (Wildman–Crippen MR) is 54.6 cm³/mol. The zero-order chi connectivity index (χ0) is 12.3. The van der Waals surface area contributed by atoms with Gasteiger partial charge in [-0.15, -0.1) is 0 Å². The van der Waals surface area contributed by atoms with Gasteiger partial charge in [0.1, 0.15) is 5.70 Å². The highest BCUT2D eigenvalue weighted by Gasteiger charge is 2.45. The highest BCUT2D eigenvalue weighted by atomic mass is 16.6. The molecule has 1 saturated heterocycles. The van der Waals surface area contributed by atoms with Gasteiger partial charge in [-0.2, -0.15) is 0 Å². The van der Waals surface area contributed by atoms with Crippen molar-refractivity contribution in [1.29, 1.82) is 0 Å². The van der Waals surface area contributed by atoms with E-state index in [1.165, 1.54) is 0 Å². The van der Waals surface area contributed by atoms with E-state index in [0.29, 0.717) is 6.10 Å². The van der Waals surface area contributed by atoms with E-state index < -0.39 is 11.9 Å². The molecular weight excluding hydrogens is 214 g/mol. The molecule has 1 aliphatic carbocycles. The molecule has 0 aromatic heterocycles. The minimum absolute atomic E-state index is 0.135. The third-order valence-electron chi connectivity index (χ3n) is 2.63. The van der Waals surface area contributed by atoms with E-state index in [-0.39, 0.29) is 17.7 Å². The van der Waals surface area contributed by atoms with E-state index in [1.807, 2.05) is 0 Å². The van der Waals surface area contributed by atoms with Gasteiger partial charge in [-0.1, -0.05) is 6.58 Å². The molecule has 0 bridgehead atoms. The van der Waals surface area contributed by atoms with Gasteiger partial charge in [0, 0.05) is 0 Å². The van der Waals surface area contributed by atoms with Crippen molar-refractivity contribution in [3.63, 3.8) is 0 Å². The quantitative estimate of drug-likeness (QED) is 0.460.